The van der Waals surface area contributed by atoms with Gasteiger partial charge in [0.05, 0.1) is 11.6 Å². The minimum absolute atomic E-state index is 0.224. The van der Waals surface area contributed by atoms with Gasteiger partial charge in [-0.2, -0.15) is 0 Å². The summed E-state index contributed by atoms with van der Waals surface area (Å²) in [5.74, 6) is 0.535. The van der Waals surface area contributed by atoms with Crippen LogP contribution < -0.4 is 11.1 Å². The van der Waals surface area contributed by atoms with Crippen molar-refractivity contribution in [3.63, 3.8) is 0 Å². The summed E-state index contributed by atoms with van der Waals surface area (Å²) in [6.45, 7) is 3.33. The summed E-state index contributed by atoms with van der Waals surface area (Å²) in [6.07, 6.45) is 2.25. The Bertz CT molecular complexity index is 651. The molecule has 0 bridgehead atoms. The van der Waals surface area contributed by atoms with Gasteiger partial charge >= 0.3 is 0 Å². The molecule has 1 fully saturated rings. The normalized spacial score (nSPS) is 15.0. The fourth-order valence-corrected chi connectivity index (χ4v) is 1.94. The first-order valence-electron chi connectivity index (χ1n) is 6.94. The standard InChI is InChI=1S/C14H18N6O/c1-14(2,15)13(21)16-10-5-3-9(4-6-10)12-17-18-19-20(12)11-7-8-11/h3-6,11H,7-8,15H2,1-2H3,(H,16,21). The number of nitrogens with two attached hydrogens (primary N) is 1. The SMILES string of the molecule is CC(C)(N)C(=O)Nc1ccc(-c2nnnn2C2CC2)cc1. The number of amides is 1. The molecule has 1 aromatic carbocycles. The molecule has 1 saturated carbocycles. The first kappa shape index (κ1) is 13.7. The molecule has 1 aliphatic rings. The second-order valence-corrected chi connectivity index (χ2v) is 5.93. The van der Waals surface area contributed by atoms with Gasteiger partial charge in [0.1, 0.15) is 0 Å². The molecule has 2 aromatic rings. The lowest BCUT2D eigenvalue weighted by molar-refractivity contribution is -0.120. The zero-order chi connectivity index (χ0) is 15.0. The van der Waals surface area contributed by atoms with Crippen LogP contribution in [0.4, 0.5) is 5.69 Å². The summed E-state index contributed by atoms with van der Waals surface area (Å²) in [5.41, 5.74) is 6.47. The number of tetrazole rings is 1. The van der Waals surface area contributed by atoms with E-state index in [1.807, 2.05) is 28.9 Å². The first-order chi connectivity index (χ1) is 9.95. The summed E-state index contributed by atoms with van der Waals surface area (Å²) < 4.78 is 1.86. The first-order valence-corrected chi connectivity index (χ1v) is 6.94. The van der Waals surface area contributed by atoms with Gasteiger partial charge in [0.25, 0.3) is 0 Å². The number of carbonyl (C=O) groups excluding carboxylic acids is 1. The molecule has 1 aliphatic carbocycles. The number of hydrogen-bond acceptors (Lipinski definition) is 5. The molecule has 3 rings (SSSR count). The summed E-state index contributed by atoms with van der Waals surface area (Å²) >= 11 is 0. The van der Waals surface area contributed by atoms with E-state index in [1.165, 1.54) is 0 Å². The summed E-state index contributed by atoms with van der Waals surface area (Å²) in [5, 5.41) is 14.6. The van der Waals surface area contributed by atoms with Crippen molar-refractivity contribution in [2.75, 3.05) is 5.32 Å². The predicted octanol–water partition coefficient (Wildman–Crippen LogP) is 1.35. The number of carbonyl (C=O) groups is 1. The monoisotopic (exact) mass is 286 g/mol. The maximum Gasteiger partial charge on any atom is 0.243 e. The van der Waals surface area contributed by atoms with Crippen molar-refractivity contribution in [2.24, 2.45) is 5.73 Å². The molecule has 0 unspecified atom stereocenters. The number of rotatable bonds is 4. The van der Waals surface area contributed by atoms with E-state index in [-0.39, 0.29) is 5.91 Å². The highest BCUT2D eigenvalue weighted by molar-refractivity contribution is 5.97. The molecule has 1 aromatic heterocycles. The Morgan fingerprint density at radius 1 is 1.33 bits per heavy atom. The Morgan fingerprint density at radius 2 is 2.00 bits per heavy atom. The lowest BCUT2D eigenvalue weighted by atomic mass is 10.1. The molecule has 0 atom stereocenters. The van der Waals surface area contributed by atoms with E-state index in [9.17, 15) is 4.79 Å². The molecule has 3 N–H and O–H groups in total. The molecule has 110 valence electrons. The van der Waals surface area contributed by atoms with Crippen LogP contribution >= 0.6 is 0 Å². The van der Waals surface area contributed by atoms with Gasteiger partial charge in [-0.1, -0.05) is 0 Å². The topological polar surface area (TPSA) is 98.7 Å². The minimum Gasteiger partial charge on any atom is -0.325 e. The van der Waals surface area contributed by atoms with Crippen molar-refractivity contribution in [1.82, 2.24) is 20.2 Å². The highest BCUT2D eigenvalue weighted by atomic mass is 16.2. The maximum absolute atomic E-state index is 11.8. The zero-order valence-electron chi connectivity index (χ0n) is 12.1. The van der Waals surface area contributed by atoms with Crippen LogP contribution in [0.15, 0.2) is 24.3 Å². The van der Waals surface area contributed by atoms with Gasteiger partial charge in [-0.15, -0.1) is 5.10 Å². The smallest absolute Gasteiger partial charge is 0.243 e. The third-order valence-electron chi connectivity index (χ3n) is 3.37. The largest absolute Gasteiger partial charge is 0.325 e. The molecule has 0 aliphatic heterocycles. The number of nitrogens with one attached hydrogen (secondary N) is 1. The molecule has 0 spiro atoms. The lowest BCUT2D eigenvalue weighted by Crippen LogP contribution is -2.45. The van der Waals surface area contributed by atoms with Gasteiger partial charge in [0.15, 0.2) is 5.82 Å². The average Bonchev–Trinajstić information content (AvgIpc) is 3.16. The van der Waals surface area contributed by atoms with Crippen LogP contribution in [0.2, 0.25) is 0 Å². The molecule has 1 amide bonds. The van der Waals surface area contributed by atoms with E-state index in [2.05, 4.69) is 20.8 Å². The Hall–Kier alpha value is -2.28. The Kier molecular flexibility index (Phi) is 3.21. The summed E-state index contributed by atoms with van der Waals surface area (Å²) in [4.78, 5) is 11.8. The quantitative estimate of drug-likeness (QED) is 0.884. The van der Waals surface area contributed by atoms with Crippen LogP contribution in [-0.4, -0.2) is 31.7 Å². The van der Waals surface area contributed by atoms with Crippen molar-refractivity contribution in [2.45, 2.75) is 38.3 Å². The van der Waals surface area contributed by atoms with E-state index in [4.69, 9.17) is 5.73 Å². The van der Waals surface area contributed by atoms with Crippen molar-refractivity contribution >= 4 is 11.6 Å². The van der Waals surface area contributed by atoms with E-state index in [1.54, 1.807) is 13.8 Å². The van der Waals surface area contributed by atoms with E-state index in [0.29, 0.717) is 11.7 Å². The van der Waals surface area contributed by atoms with Crippen LogP contribution in [-0.2, 0) is 4.79 Å². The fourth-order valence-electron chi connectivity index (χ4n) is 1.94. The van der Waals surface area contributed by atoms with Gasteiger partial charge in [-0.3, -0.25) is 4.79 Å². The van der Waals surface area contributed by atoms with Crippen LogP contribution in [0.3, 0.4) is 0 Å². The average molecular weight is 286 g/mol. The lowest BCUT2D eigenvalue weighted by Gasteiger charge is -2.17. The fraction of sp³-hybridized carbons (Fsp3) is 0.429. The number of anilines is 1. The second-order valence-electron chi connectivity index (χ2n) is 5.93. The summed E-state index contributed by atoms with van der Waals surface area (Å²) in [6, 6.07) is 7.86. The molecular formula is C14H18N6O. The van der Waals surface area contributed by atoms with Crippen LogP contribution in [0.5, 0.6) is 0 Å². The van der Waals surface area contributed by atoms with Gasteiger partial charge in [-0.05, 0) is 61.4 Å². The molecule has 0 saturated heterocycles. The van der Waals surface area contributed by atoms with Crippen LogP contribution in [0, 0.1) is 0 Å². The third-order valence-corrected chi connectivity index (χ3v) is 3.37. The Morgan fingerprint density at radius 3 is 2.57 bits per heavy atom. The zero-order valence-corrected chi connectivity index (χ0v) is 12.1. The summed E-state index contributed by atoms with van der Waals surface area (Å²) in [7, 11) is 0. The van der Waals surface area contributed by atoms with E-state index in [0.717, 1.165) is 24.2 Å². The number of aromatic nitrogens is 4. The highest BCUT2D eigenvalue weighted by Gasteiger charge is 2.28. The van der Waals surface area contributed by atoms with E-state index < -0.39 is 5.54 Å². The van der Waals surface area contributed by atoms with Crippen molar-refractivity contribution < 1.29 is 4.79 Å². The second kappa shape index (κ2) is 4.92. The molecule has 7 heteroatoms. The van der Waals surface area contributed by atoms with Crippen molar-refractivity contribution in [3.8, 4) is 11.4 Å². The van der Waals surface area contributed by atoms with E-state index >= 15 is 0 Å². The third kappa shape index (κ3) is 2.92. The van der Waals surface area contributed by atoms with Crippen molar-refractivity contribution in [3.05, 3.63) is 24.3 Å². The highest BCUT2D eigenvalue weighted by Crippen LogP contribution is 2.36. The van der Waals surface area contributed by atoms with Gasteiger partial charge in [0, 0.05) is 11.3 Å². The number of nitrogens with zero attached hydrogens (tertiary/aromatic N) is 4. The van der Waals surface area contributed by atoms with Crippen LogP contribution in [0.25, 0.3) is 11.4 Å². The van der Waals surface area contributed by atoms with Gasteiger partial charge < -0.3 is 11.1 Å². The molecule has 7 nitrogen and oxygen atoms in total. The molecule has 21 heavy (non-hydrogen) atoms. The molecular weight excluding hydrogens is 268 g/mol. The van der Waals surface area contributed by atoms with Gasteiger partial charge in [-0.25, -0.2) is 4.68 Å². The minimum atomic E-state index is -0.908. The Balaban J connectivity index is 1.78. The molecule has 0 radical (unpaired) electrons. The van der Waals surface area contributed by atoms with Crippen molar-refractivity contribution in [1.29, 1.82) is 0 Å². The Labute approximate surface area is 122 Å². The predicted molar refractivity (Wildman–Crippen MR) is 78.4 cm³/mol. The number of benzene rings is 1. The number of hydrogen-bond donors (Lipinski definition) is 2. The maximum atomic E-state index is 11.8. The van der Waals surface area contributed by atoms with Crippen LogP contribution in [0.1, 0.15) is 32.7 Å². The van der Waals surface area contributed by atoms with Gasteiger partial charge in [0.2, 0.25) is 5.91 Å². The molecule has 1 heterocycles.